The molecule has 1 aromatic rings. The van der Waals surface area contributed by atoms with Gasteiger partial charge in [0, 0.05) is 0 Å². The highest BCUT2D eigenvalue weighted by atomic mass is 28.4. The van der Waals surface area contributed by atoms with Crippen LogP contribution < -0.4 is 0 Å². The molecule has 0 saturated heterocycles. The van der Waals surface area contributed by atoms with Gasteiger partial charge in [0.25, 0.3) is 0 Å². The van der Waals surface area contributed by atoms with E-state index < -0.39 is 37.2 Å². The Labute approximate surface area is 203 Å². The molecule has 2 rings (SSSR count). The number of hydrogen-bond acceptors (Lipinski definition) is 7. The molecule has 0 bridgehead atoms. The number of benzene rings is 1. The Bertz CT molecular complexity index is 933. The molecule has 0 heterocycles. The summed E-state index contributed by atoms with van der Waals surface area (Å²) >= 11 is 0. The molecule has 2 unspecified atom stereocenters. The topological polar surface area (TPSA) is 88.1 Å². The number of rotatable bonds is 10. The van der Waals surface area contributed by atoms with Crippen molar-refractivity contribution in [2.45, 2.75) is 63.8 Å². The van der Waals surface area contributed by atoms with Crippen LogP contribution in [0.15, 0.2) is 36.9 Å². The van der Waals surface area contributed by atoms with Crippen LogP contribution in [0.25, 0.3) is 0 Å². The van der Waals surface area contributed by atoms with E-state index in [9.17, 15) is 14.4 Å². The zero-order valence-electron chi connectivity index (χ0n) is 21.7. The first-order valence-electron chi connectivity index (χ1n) is 11.4. The van der Waals surface area contributed by atoms with Gasteiger partial charge in [-0.3, -0.25) is 14.4 Å². The zero-order valence-corrected chi connectivity index (χ0v) is 22.7. The average molecular weight is 491 g/mol. The van der Waals surface area contributed by atoms with Crippen LogP contribution in [-0.4, -0.2) is 53.2 Å². The molecule has 0 N–H and O–H groups in total. The fourth-order valence-electron chi connectivity index (χ4n) is 4.18. The van der Waals surface area contributed by atoms with E-state index in [1.807, 2.05) is 24.3 Å². The first-order valence-corrected chi connectivity index (χ1v) is 14.3. The first kappa shape index (κ1) is 27.8. The van der Waals surface area contributed by atoms with Gasteiger partial charge in [0.1, 0.15) is 5.41 Å². The Balaban J connectivity index is 2.37. The van der Waals surface area contributed by atoms with Gasteiger partial charge in [-0.15, -0.1) is 6.58 Å². The summed E-state index contributed by atoms with van der Waals surface area (Å²) in [4.78, 5) is 37.3. The normalized spacial score (nSPS) is 22.1. The van der Waals surface area contributed by atoms with Crippen LogP contribution in [-0.2, 0) is 45.9 Å². The molecule has 8 heteroatoms. The van der Waals surface area contributed by atoms with Gasteiger partial charge in [-0.1, -0.05) is 51.1 Å². The lowest BCUT2D eigenvalue weighted by Gasteiger charge is -2.40. The van der Waals surface area contributed by atoms with E-state index in [0.717, 1.165) is 11.1 Å². The van der Waals surface area contributed by atoms with Crippen LogP contribution in [0.1, 0.15) is 38.3 Å². The average Bonchev–Trinajstić information content (AvgIpc) is 3.41. The summed E-state index contributed by atoms with van der Waals surface area (Å²) < 4.78 is 21.5. The second kappa shape index (κ2) is 10.0. The summed E-state index contributed by atoms with van der Waals surface area (Å²) in [6.07, 6.45) is 2.75. The van der Waals surface area contributed by atoms with Crippen molar-refractivity contribution in [3.8, 4) is 0 Å². The van der Waals surface area contributed by atoms with Crippen LogP contribution in [0.3, 0.4) is 0 Å². The molecule has 7 nitrogen and oxygen atoms in total. The first-order chi connectivity index (χ1) is 15.7. The highest BCUT2D eigenvalue weighted by molar-refractivity contribution is 6.74. The molecule has 1 aromatic carbocycles. The molecule has 34 heavy (non-hydrogen) atoms. The minimum absolute atomic E-state index is 0.0375. The number of methoxy groups -OCH3 is 3. The maximum atomic E-state index is 13.1. The van der Waals surface area contributed by atoms with Crippen LogP contribution in [0.4, 0.5) is 0 Å². The maximum Gasteiger partial charge on any atom is 0.320 e. The predicted octanol–water partition coefficient (Wildman–Crippen LogP) is 4.24. The van der Waals surface area contributed by atoms with Crippen molar-refractivity contribution in [3.63, 3.8) is 0 Å². The molecular weight excluding hydrogens is 452 g/mol. The van der Waals surface area contributed by atoms with Crippen molar-refractivity contribution >= 4 is 26.2 Å². The molecule has 1 aliphatic rings. The van der Waals surface area contributed by atoms with E-state index in [1.54, 1.807) is 6.08 Å². The van der Waals surface area contributed by atoms with E-state index in [-0.39, 0.29) is 17.4 Å². The number of carbonyl (C=O) groups excluding carboxylic acids is 3. The Morgan fingerprint density at radius 2 is 1.62 bits per heavy atom. The number of hydrogen-bond donors (Lipinski definition) is 0. The van der Waals surface area contributed by atoms with Gasteiger partial charge in [0.05, 0.1) is 26.9 Å². The van der Waals surface area contributed by atoms with Crippen LogP contribution in [0, 0.1) is 11.3 Å². The Morgan fingerprint density at radius 1 is 1.06 bits per heavy atom. The fraction of sp³-hybridized carbons (Fsp3) is 0.577. The number of esters is 3. The monoisotopic (exact) mass is 490 g/mol. The lowest BCUT2D eigenvalue weighted by Crippen LogP contribution is -2.47. The largest absolute Gasteiger partial charge is 0.468 e. The van der Waals surface area contributed by atoms with Crippen molar-refractivity contribution in [1.82, 2.24) is 0 Å². The number of ether oxygens (including phenoxy) is 3. The van der Waals surface area contributed by atoms with Gasteiger partial charge in [-0.2, -0.15) is 0 Å². The molecule has 188 valence electrons. The molecule has 0 radical (unpaired) electrons. The van der Waals surface area contributed by atoms with E-state index in [2.05, 4.69) is 40.4 Å². The minimum atomic E-state index is -2.21. The van der Waals surface area contributed by atoms with Crippen molar-refractivity contribution in [3.05, 3.63) is 48.0 Å². The second-order valence-electron chi connectivity index (χ2n) is 10.5. The molecular formula is C26H38O7Si. The lowest BCUT2D eigenvalue weighted by atomic mass is 9.90. The lowest BCUT2D eigenvalue weighted by molar-refractivity contribution is -0.158. The summed E-state index contributed by atoms with van der Waals surface area (Å²) in [5.41, 5.74) is -0.0612. The van der Waals surface area contributed by atoms with Crippen molar-refractivity contribution in [1.29, 1.82) is 0 Å². The SMILES string of the molecule is C=CC1(O[Si](C)(C)C(C)(C)C)CC1(Cc1cccc(CC(C(=O)OC)C(=O)OC)c1)C(=O)OC. The van der Waals surface area contributed by atoms with Crippen molar-refractivity contribution in [2.24, 2.45) is 11.3 Å². The highest BCUT2D eigenvalue weighted by Crippen LogP contribution is 2.64. The quantitative estimate of drug-likeness (QED) is 0.159. The highest BCUT2D eigenvalue weighted by Gasteiger charge is 2.73. The molecule has 0 aromatic heterocycles. The van der Waals surface area contributed by atoms with Crippen molar-refractivity contribution < 1.29 is 33.0 Å². The maximum absolute atomic E-state index is 13.1. The molecule has 0 amide bonds. The van der Waals surface area contributed by atoms with Gasteiger partial charge < -0.3 is 18.6 Å². The number of carbonyl (C=O) groups is 3. The predicted molar refractivity (Wildman–Crippen MR) is 132 cm³/mol. The molecule has 2 atom stereocenters. The van der Waals surface area contributed by atoms with Gasteiger partial charge in [-0.25, -0.2) is 0 Å². The van der Waals surface area contributed by atoms with Gasteiger partial charge in [0.2, 0.25) is 0 Å². The van der Waals surface area contributed by atoms with E-state index in [0.29, 0.717) is 12.8 Å². The van der Waals surface area contributed by atoms with Crippen LogP contribution >= 0.6 is 0 Å². The third-order valence-corrected chi connectivity index (χ3v) is 11.8. The molecule has 1 fully saturated rings. The van der Waals surface area contributed by atoms with Crippen LogP contribution in [0.5, 0.6) is 0 Å². The summed E-state index contributed by atoms with van der Waals surface area (Å²) in [5.74, 6) is -2.70. The molecule has 0 spiro atoms. The summed E-state index contributed by atoms with van der Waals surface area (Å²) in [6, 6.07) is 7.47. The van der Waals surface area contributed by atoms with E-state index >= 15 is 0 Å². The van der Waals surface area contributed by atoms with Gasteiger partial charge in [0.15, 0.2) is 14.2 Å². The third-order valence-electron chi connectivity index (χ3n) is 7.31. The molecule has 0 aliphatic heterocycles. The van der Waals surface area contributed by atoms with E-state index in [1.165, 1.54) is 21.3 Å². The molecule has 1 saturated carbocycles. The second-order valence-corrected chi connectivity index (χ2v) is 15.2. The van der Waals surface area contributed by atoms with E-state index in [4.69, 9.17) is 18.6 Å². The summed E-state index contributed by atoms with van der Waals surface area (Å²) in [5, 5.41) is -0.0375. The van der Waals surface area contributed by atoms with Crippen molar-refractivity contribution in [2.75, 3.05) is 21.3 Å². The Hall–Kier alpha value is -2.45. The fourth-order valence-corrected chi connectivity index (χ4v) is 5.75. The Morgan fingerprint density at radius 3 is 2.09 bits per heavy atom. The smallest absolute Gasteiger partial charge is 0.320 e. The van der Waals surface area contributed by atoms with Gasteiger partial charge in [-0.05, 0) is 48.5 Å². The molecule has 1 aliphatic carbocycles. The summed E-state index contributed by atoms with van der Waals surface area (Å²) in [7, 11) is 1.64. The minimum Gasteiger partial charge on any atom is -0.468 e. The Kier molecular flexibility index (Phi) is 8.20. The standard InChI is InChI=1S/C26H38O7Si/c1-10-26(33-34(8,9)24(2,3)4)17-25(26,23(29)32-7)16-19-13-11-12-18(14-19)15-20(21(27)30-5)22(28)31-6/h10-14,20H,1,15-17H2,2-9H3. The van der Waals surface area contributed by atoms with Crippen LogP contribution in [0.2, 0.25) is 18.1 Å². The summed E-state index contributed by atoms with van der Waals surface area (Å²) in [6.45, 7) is 14.8. The van der Waals surface area contributed by atoms with Gasteiger partial charge >= 0.3 is 17.9 Å². The zero-order chi connectivity index (χ0) is 25.9. The third kappa shape index (κ3) is 5.28.